The zero-order chi connectivity index (χ0) is 17.9. The Morgan fingerprint density at radius 2 is 2.12 bits per heavy atom. The Hall–Kier alpha value is -2.15. The zero-order valence-electron chi connectivity index (χ0n) is 14.6. The monoisotopic (exact) mass is 349 g/mol. The first-order valence-corrected chi connectivity index (χ1v) is 9.37. The van der Waals surface area contributed by atoms with Gasteiger partial charge in [0.2, 0.25) is 5.89 Å². The summed E-state index contributed by atoms with van der Waals surface area (Å²) >= 11 is 0. The van der Waals surface area contributed by atoms with Gasteiger partial charge in [-0.25, -0.2) is 9.78 Å². The molecule has 0 radical (unpaired) electrons. The number of aromatic nitrogens is 1. The van der Waals surface area contributed by atoms with E-state index in [9.17, 15) is 9.00 Å². The Kier molecular flexibility index (Phi) is 5.77. The maximum absolute atomic E-state index is 12.4. The molecule has 2 amide bonds. The molecule has 24 heavy (non-hydrogen) atoms. The lowest BCUT2D eigenvalue weighted by Gasteiger charge is -2.25. The van der Waals surface area contributed by atoms with Gasteiger partial charge >= 0.3 is 6.03 Å². The number of hydrogen-bond donors (Lipinski definition) is 1. The van der Waals surface area contributed by atoms with Crippen LogP contribution in [0.25, 0.3) is 11.5 Å². The first kappa shape index (κ1) is 18.2. The van der Waals surface area contributed by atoms with Gasteiger partial charge in [0.15, 0.2) is 0 Å². The largest absolute Gasteiger partial charge is 0.444 e. The number of nitrogens with zero attached hydrogens (tertiary/aromatic N) is 2. The van der Waals surface area contributed by atoms with Crippen LogP contribution < -0.4 is 5.32 Å². The molecule has 0 aliphatic rings. The van der Waals surface area contributed by atoms with Gasteiger partial charge in [-0.1, -0.05) is 6.07 Å². The van der Waals surface area contributed by atoms with Crippen LogP contribution >= 0.6 is 0 Å². The average molecular weight is 349 g/mol. The van der Waals surface area contributed by atoms with Crippen LogP contribution in [-0.2, 0) is 10.8 Å². The Morgan fingerprint density at radius 1 is 1.42 bits per heavy atom. The molecule has 7 heteroatoms. The van der Waals surface area contributed by atoms with E-state index in [1.54, 1.807) is 24.5 Å². The minimum absolute atomic E-state index is 0.117. The summed E-state index contributed by atoms with van der Waals surface area (Å²) in [7, 11) is 0.746. The van der Waals surface area contributed by atoms with Gasteiger partial charge in [0.1, 0.15) is 6.26 Å². The van der Waals surface area contributed by atoms with Crippen LogP contribution in [0.3, 0.4) is 0 Å². The summed E-state index contributed by atoms with van der Waals surface area (Å²) < 4.78 is 16.7. The molecule has 1 aromatic carbocycles. The summed E-state index contributed by atoms with van der Waals surface area (Å²) in [5, 5.41) is 2.90. The fourth-order valence-corrected chi connectivity index (χ4v) is 3.13. The topological polar surface area (TPSA) is 75.4 Å². The van der Waals surface area contributed by atoms with Gasteiger partial charge in [-0.15, -0.1) is 0 Å². The van der Waals surface area contributed by atoms with Gasteiger partial charge in [0.25, 0.3) is 0 Å². The number of carbonyl (C=O) groups excluding carboxylic acids is 1. The van der Waals surface area contributed by atoms with Crippen molar-refractivity contribution in [3.8, 4) is 11.5 Å². The van der Waals surface area contributed by atoms with Gasteiger partial charge in [-0.05, 0) is 38.5 Å². The molecular weight excluding hydrogens is 326 g/mol. The second kappa shape index (κ2) is 7.61. The molecular formula is C17H23N3O3S. The van der Waals surface area contributed by atoms with Gasteiger partial charge in [-0.2, -0.15) is 0 Å². The minimum Gasteiger partial charge on any atom is -0.444 e. The summed E-state index contributed by atoms with van der Waals surface area (Å²) in [5.41, 5.74) is 3.24. The van der Waals surface area contributed by atoms with Crippen molar-refractivity contribution < 1.29 is 13.4 Å². The van der Waals surface area contributed by atoms with Crippen molar-refractivity contribution in [3.63, 3.8) is 0 Å². The highest BCUT2D eigenvalue weighted by molar-refractivity contribution is 7.84. The van der Waals surface area contributed by atoms with Crippen molar-refractivity contribution in [1.29, 1.82) is 0 Å². The van der Waals surface area contributed by atoms with Crippen LogP contribution in [0.4, 0.5) is 10.5 Å². The standard InChI is InChI=1S/C17H23N3O3S/c1-11-6-7-14(16-18-12(2)9-23-16)8-15(11)19-17(21)20(4)13(3)10-24(5)22/h6-9,13H,10H2,1-5H3,(H,19,21)/t13-,24+/m1/s1. The summed E-state index contributed by atoms with van der Waals surface area (Å²) in [4.78, 5) is 18.3. The van der Waals surface area contributed by atoms with E-state index in [2.05, 4.69) is 10.3 Å². The third-order valence-electron chi connectivity index (χ3n) is 3.80. The Bertz CT molecular complexity index is 757. The molecule has 0 aliphatic heterocycles. The third-order valence-corrected chi connectivity index (χ3v) is 4.75. The number of carbonyl (C=O) groups is 1. The van der Waals surface area contributed by atoms with Crippen LogP contribution in [-0.4, -0.2) is 45.2 Å². The van der Waals surface area contributed by atoms with E-state index in [-0.39, 0.29) is 12.1 Å². The maximum atomic E-state index is 12.4. The lowest BCUT2D eigenvalue weighted by molar-refractivity contribution is 0.212. The van der Waals surface area contributed by atoms with Crippen molar-refractivity contribution in [2.45, 2.75) is 26.8 Å². The summed E-state index contributed by atoms with van der Waals surface area (Å²) in [6.45, 7) is 5.66. The molecule has 0 unspecified atom stereocenters. The molecule has 130 valence electrons. The van der Waals surface area contributed by atoms with Crippen LogP contribution in [0, 0.1) is 13.8 Å². The first-order valence-electron chi connectivity index (χ1n) is 7.65. The van der Waals surface area contributed by atoms with Gasteiger partial charge in [-0.3, -0.25) is 4.21 Å². The molecule has 1 aromatic heterocycles. The highest BCUT2D eigenvalue weighted by Gasteiger charge is 2.18. The van der Waals surface area contributed by atoms with Crippen molar-refractivity contribution in [3.05, 3.63) is 35.7 Å². The number of hydrogen-bond acceptors (Lipinski definition) is 4. The maximum Gasteiger partial charge on any atom is 0.321 e. The van der Waals surface area contributed by atoms with Gasteiger partial charge in [0, 0.05) is 47.1 Å². The number of anilines is 1. The molecule has 2 rings (SSSR count). The van der Waals surface area contributed by atoms with Crippen LogP contribution in [0.1, 0.15) is 18.2 Å². The molecule has 1 heterocycles. The smallest absolute Gasteiger partial charge is 0.321 e. The predicted octanol–water partition coefficient (Wildman–Crippen LogP) is 3.19. The van der Waals surface area contributed by atoms with E-state index in [1.807, 2.05) is 39.0 Å². The molecule has 2 aromatic rings. The van der Waals surface area contributed by atoms with E-state index in [4.69, 9.17) is 4.42 Å². The molecule has 0 bridgehead atoms. The molecule has 0 spiro atoms. The van der Waals surface area contributed by atoms with Gasteiger partial charge in [0.05, 0.1) is 5.69 Å². The SMILES string of the molecule is Cc1coc(-c2ccc(C)c(NC(=O)N(C)[C@H](C)C[S@](C)=O)c2)n1. The van der Waals surface area contributed by atoms with Crippen molar-refractivity contribution >= 4 is 22.5 Å². The second-order valence-electron chi connectivity index (χ2n) is 5.95. The quantitative estimate of drug-likeness (QED) is 0.899. The van der Waals surface area contributed by atoms with Gasteiger partial charge < -0.3 is 14.6 Å². The number of rotatable bonds is 5. The lowest BCUT2D eigenvalue weighted by Crippen LogP contribution is -2.41. The number of oxazole rings is 1. The molecule has 2 atom stereocenters. The van der Waals surface area contributed by atoms with Crippen LogP contribution in [0.15, 0.2) is 28.9 Å². The lowest BCUT2D eigenvalue weighted by atomic mass is 10.1. The van der Waals surface area contributed by atoms with E-state index in [1.165, 1.54) is 0 Å². The molecule has 0 saturated carbocycles. The molecule has 0 aliphatic carbocycles. The fraction of sp³-hybridized carbons (Fsp3) is 0.412. The Balaban J connectivity index is 2.16. The number of urea groups is 1. The Labute approximate surface area is 144 Å². The molecule has 6 nitrogen and oxygen atoms in total. The normalized spacial score (nSPS) is 13.4. The highest BCUT2D eigenvalue weighted by atomic mass is 32.2. The Morgan fingerprint density at radius 3 is 2.71 bits per heavy atom. The van der Waals surface area contributed by atoms with Crippen molar-refractivity contribution in [1.82, 2.24) is 9.88 Å². The van der Waals surface area contributed by atoms with Crippen molar-refractivity contribution in [2.75, 3.05) is 24.4 Å². The van der Waals surface area contributed by atoms with Crippen LogP contribution in [0.5, 0.6) is 0 Å². The van der Waals surface area contributed by atoms with Crippen molar-refractivity contribution in [2.24, 2.45) is 0 Å². The zero-order valence-corrected chi connectivity index (χ0v) is 15.4. The highest BCUT2D eigenvalue weighted by Crippen LogP contribution is 2.25. The van der Waals surface area contributed by atoms with Crippen LogP contribution in [0.2, 0.25) is 0 Å². The third kappa shape index (κ3) is 4.44. The minimum atomic E-state index is -0.952. The van der Waals surface area contributed by atoms with E-state index in [0.717, 1.165) is 16.8 Å². The number of nitrogens with one attached hydrogen (secondary N) is 1. The number of amides is 2. The molecule has 0 fully saturated rings. The number of aryl methyl sites for hydroxylation is 2. The summed E-state index contributed by atoms with van der Waals surface area (Å²) in [5.74, 6) is 0.963. The fourth-order valence-electron chi connectivity index (χ4n) is 2.23. The average Bonchev–Trinajstić information content (AvgIpc) is 2.94. The second-order valence-corrected chi connectivity index (χ2v) is 7.43. The van der Waals surface area contributed by atoms with E-state index in [0.29, 0.717) is 17.3 Å². The van der Waals surface area contributed by atoms with E-state index >= 15 is 0 Å². The molecule has 0 saturated heterocycles. The predicted molar refractivity (Wildman–Crippen MR) is 96.6 cm³/mol. The summed E-state index contributed by atoms with van der Waals surface area (Å²) in [6, 6.07) is 5.30. The first-order chi connectivity index (χ1) is 11.3. The molecule has 1 N–H and O–H groups in total. The summed E-state index contributed by atoms with van der Waals surface area (Å²) in [6.07, 6.45) is 3.22. The number of benzene rings is 1. The van der Waals surface area contributed by atoms with E-state index < -0.39 is 10.8 Å².